The Labute approximate surface area is 94.8 Å². The van der Waals surface area contributed by atoms with Gasteiger partial charge >= 0.3 is 12.3 Å². The third-order valence-corrected chi connectivity index (χ3v) is 1.83. The molecule has 1 amide bonds. The van der Waals surface area contributed by atoms with Crippen molar-refractivity contribution < 1.29 is 22.7 Å². The average Bonchev–Trinajstić information content (AvgIpc) is 2.60. The first-order valence-electron chi connectivity index (χ1n) is 4.63. The fourth-order valence-corrected chi connectivity index (χ4v) is 1.11. The van der Waals surface area contributed by atoms with E-state index in [2.05, 4.69) is 20.3 Å². The van der Waals surface area contributed by atoms with Crippen LogP contribution >= 0.6 is 0 Å². The van der Waals surface area contributed by atoms with E-state index >= 15 is 0 Å². The summed E-state index contributed by atoms with van der Waals surface area (Å²) in [6.45, 7) is -0.0662. The molecule has 1 heterocycles. The third kappa shape index (κ3) is 4.29. The molecular formula is C8H11F3N4O2. The summed E-state index contributed by atoms with van der Waals surface area (Å²) in [6.07, 6.45) is -4.28. The van der Waals surface area contributed by atoms with Crippen LogP contribution in [-0.4, -0.2) is 33.6 Å². The SMILES string of the molecule is CC(NC(=O)OCC(F)(F)F)c1nncn1C. The van der Waals surface area contributed by atoms with Gasteiger partial charge in [0.15, 0.2) is 12.4 Å². The van der Waals surface area contributed by atoms with Crippen LogP contribution in [0.5, 0.6) is 0 Å². The summed E-state index contributed by atoms with van der Waals surface area (Å²) in [6, 6.07) is -0.594. The van der Waals surface area contributed by atoms with Crippen LogP contribution in [0.3, 0.4) is 0 Å². The van der Waals surface area contributed by atoms with Crippen molar-refractivity contribution in [2.24, 2.45) is 7.05 Å². The van der Waals surface area contributed by atoms with E-state index in [1.54, 1.807) is 14.0 Å². The molecule has 0 saturated carbocycles. The number of rotatable bonds is 3. The molecule has 1 rings (SSSR count). The Morgan fingerprint density at radius 2 is 2.29 bits per heavy atom. The van der Waals surface area contributed by atoms with Crippen LogP contribution in [-0.2, 0) is 11.8 Å². The highest BCUT2D eigenvalue weighted by Crippen LogP contribution is 2.15. The van der Waals surface area contributed by atoms with Crippen LogP contribution in [0.1, 0.15) is 18.8 Å². The third-order valence-electron chi connectivity index (χ3n) is 1.83. The summed E-state index contributed by atoms with van der Waals surface area (Å²) < 4.78 is 40.8. The number of amides is 1. The molecule has 1 N–H and O–H groups in total. The van der Waals surface area contributed by atoms with Gasteiger partial charge in [0.05, 0.1) is 6.04 Å². The van der Waals surface area contributed by atoms with E-state index in [1.165, 1.54) is 10.9 Å². The Bertz CT molecular complexity index is 390. The van der Waals surface area contributed by atoms with E-state index in [9.17, 15) is 18.0 Å². The van der Waals surface area contributed by atoms with Crippen LogP contribution in [0.4, 0.5) is 18.0 Å². The van der Waals surface area contributed by atoms with Crippen molar-refractivity contribution in [3.63, 3.8) is 0 Å². The van der Waals surface area contributed by atoms with Crippen molar-refractivity contribution in [3.05, 3.63) is 12.2 Å². The number of carbonyl (C=O) groups is 1. The minimum atomic E-state index is -4.54. The standard InChI is InChI=1S/C8H11F3N4O2/c1-5(6-14-12-4-15(6)2)13-7(16)17-3-8(9,10)11/h4-5H,3H2,1-2H3,(H,13,16). The lowest BCUT2D eigenvalue weighted by Gasteiger charge is -2.13. The van der Waals surface area contributed by atoms with Crippen LogP contribution in [0.15, 0.2) is 6.33 Å². The van der Waals surface area contributed by atoms with Gasteiger partial charge in [-0.2, -0.15) is 13.2 Å². The molecule has 0 saturated heterocycles. The number of nitrogens with zero attached hydrogens (tertiary/aromatic N) is 3. The Morgan fingerprint density at radius 1 is 1.65 bits per heavy atom. The van der Waals surface area contributed by atoms with Gasteiger partial charge in [0.2, 0.25) is 0 Å². The van der Waals surface area contributed by atoms with E-state index in [0.717, 1.165) is 0 Å². The van der Waals surface area contributed by atoms with Gasteiger partial charge in [-0.1, -0.05) is 0 Å². The zero-order valence-corrected chi connectivity index (χ0v) is 9.15. The van der Waals surface area contributed by atoms with Crippen LogP contribution in [0.25, 0.3) is 0 Å². The van der Waals surface area contributed by atoms with E-state index < -0.39 is 24.9 Å². The molecule has 0 aromatic carbocycles. The second kappa shape index (κ2) is 5.02. The summed E-state index contributed by atoms with van der Waals surface area (Å²) in [5.74, 6) is 0.411. The van der Waals surface area contributed by atoms with E-state index in [1.807, 2.05) is 0 Å². The van der Waals surface area contributed by atoms with Crippen LogP contribution in [0.2, 0.25) is 0 Å². The molecule has 0 aliphatic rings. The van der Waals surface area contributed by atoms with E-state index in [4.69, 9.17) is 0 Å². The van der Waals surface area contributed by atoms with Gasteiger partial charge in [0.1, 0.15) is 6.33 Å². The molecule has 0 radical (unpaired) electrons. The highest BCUT2D eigenvalue weighted by atomic mass is 19.4. The first-order chi connectivity index (χ1) is 7.79. The van der Waals surface area contributed by atoms with Gasteiger partial charge in [-0.3, -0.25) is 0 Å². The number of nitrogens with one attached hydrogen (secondary N) is 1. The van der Waals surface area contributed by atoms with Crippen molar-refractivity contribution in [1.29, 1.82) is 0 Å². The number of hydrogen-bond acceptors (Lipinski definition) is 4. The van der Waals surface area contributed by atoms with Crippen LogP contribution < -0.4 is 5.32 Å². The van der Waals surface area contributed by atoms with Gasteiger partial charge in [0, 0.05) is 7.05 Å². The van der Waals surface area contributed by atoms with Gasteiger partial charge in [-0.15, -0.1) is 10.2 Å². The predicted molar refractivity (Wildman–Crippen MR) is 50.0 cm³/mol. The van der Waals surface area contributed by atoms with Crippen molar-refractivity contribution in [1.82, 2.24) is 20.1 Å². The van der Waals surface area contributed by atoms with Gasteiger partial charge in [0.25, 0.3) is 0 Å². The highest BCUT2D eigenvalue weighted by Gasteiger charge is 2.30. The van der Waals surface area contributed by atoms with Crippen LogP contribution in [0, 0.1) is 0 Å². The van der Waals surface area contributed by atoms with E-state index in [0.29, 0.717) is 5.82 Å². The Balaban J connectivity index is 2.44. The molecule has 0 bridgehead atoms. The molecule has 0 aliphatic carbocycles. The first-order valence-corrected chi connectivity index (χ1v) is 4.63. The normalized spacial score (nSPS) is 13.2. The molecular weight excluding hydrogens is 241 g/mol. The predicted octanol–water partition coefficient (Wildman–Crippen LogP) is 1.16. The summed E-state index contributed by atoms with van der Waals surface area (Å²) >= 11 is 0. The molecule has 0 aliphatic heterocycles. The van der Waals surface area contributed by atoms with Gasteiger partial charge in [-0.25, -0.2) is 4.79 Å². The fraction of sp³-hybridized carbons (Fsp3) is 0.625. The van der Waals surface area contributed by atoms with Gasteiger partial charge in [-0.05, 0) is 6.92 Å². The van der Waals surface area contributed by atoms with Gasteiger partial charge < -0.3 is 14.6 Å². The molecule has 96 valence electrons. The number of ether oxygens (including phenoxy) is 1. The second-order valence-electron chi connectivity index (χ2n) is 3.36. The number of halogens is 3. The lowest BCUT2D eigenvalue weighted by Crippen LogP contribution is -2.32. The zero-order chi connectivity index (χ0) is 13.1. The molecule has 0 fully saturated rings. The number of hydrogen-bond donors (Lipinski definition) is 1. The van der Waals surface area contributed by atoms with Crippen molar-refractivity contribution >= 4 is 6.09 Å². The molecule has 9 heteroatoms. The second-order valence-corrected chi connectivity index (χ2v) is 3.36. The molecule has 17 heavy (non-hydrogen) atoms. The summed E-state index contributed by atoms with van der Waals surface area (Å²) in [4.78, 5) is 11.0. The summed E-state index contributed by atoms with van der Waals surface area (Å²) in [7, 11) is 1.65. The van der Waals surface area contributed by atoms with Crippen molar-refractivity contribution in [2.75, 3.05) is 6.61 Å². The Morgan fingerprint density at radius 3 is 2.76 bits per heavy atom. The summed E-state index contributed by atoms with van der Waals surface area (Å²) in [5.41, 5.74) is 0. The molecule has 1 aromatic rings. The highest BCUT2D eigenvalue weighted by molar-refractivity contribution is 5.67. The maximum absolute atomic E-state index is 11.8. The maximum Gasteiger partial charge on any atom is 0.422 e. The Hall–Kier alpha value is -1.80. The summed E-state index contributed by atoms with van der Waals surface area (Å²) in [5, 5.41) is 9.49. The number of aryl methyl sites for hydroxylation is 1. The molecule has 6 nitrogen and oxygen atoms in total. The topological polar surface area (TPSA) is 69.0 Å². The molecule has 1 atom stereocenters. The quantitative estimate of drug-likeness (QED) is 0.876. The molecule has 0 spiro atoms. The molecule has 1 unspecified atom stereocenters. The van der Waals surface area contributed by atoms with Crippen molar-refractivity contribution in [3.8, 4) is 0 Å². The zero-order valence-electron chi connectivity index (χ0n) is 9.15. The maximum atomic E-state index is 11.8. The minimum absolute atomic E-state index is 0.411. The fourth-order valence-electron chi connectivity index (χ4n) is 1.11. The largest absolute Gasteiger partial charge is 0.440 e. The number of alkyl halides is 3. The average molecular weight is 252 g/mol. The number of carbonyl (C=O) groups excluding carboxylic acids is 1. The molecule has 1 aromatic heterocycles. The monoisotopic (exact) mass is 252 g/mol. The number of aromatic nitrogens is 3. The first kappa shape index (κ1) is 13.3. The smallest absolute Gasteiger partial charge is 0.422 e. The minimum Gasteiger partial charge on any atom is -0.440 e. The number of alkyl carbamates (subject to hydrolysis) is 1. The van der Waals surface area contributed by atoms with Crippen molar-refractivity contribution in [2.45, 2.75) is 19.1 Å². The van der Waals surface area contributed by atoms with E-state index in [-0.39, 0.29) is 0 Å². The Kier molecular flexibility index (Phi) is 3.92. The lowest BCUT2D eigenvalue weighted by molar-refractivity contribution is -0.160. The lowest BCUT2D eigenvalue weighted by atomic mass is 10.3.